The molecule has 1 aromatic heterocycles. The summed E-state index contributed by atoms with van der Waals surface area (Å²) in [6.45, 7) is 8.15. The molecule has 2 N–H and O–H groups in total. The van der Waals surface area contributed by atoms with Crippen molar-refractivity contribution >= 4 is 33.4 Å². The van der Waals surface area contributed by atoms with Crippen LogP contribution in [0.2, 0.25) is 0 Å². The number of nitrogens with zero attached hydrogens (tertiary/aromatic N) is 1. The molecule has 0 saturated heterocycles. The molecule has 1 atom stereocenters. The Bertz CT molecular complexity index is 1850. The van der Waals surface area contributed by atoms with E-state index in [4.69, 9.17) is 9.47 Å². The molecule has 7 heteroatoms. The van der Waals surface area contributed by atoms with Gasteiger partial charge in [0.15, 0.2) is 0 Å². The number of hydrogen-bond acceptors (Lipinski definition) is 5. The third-order valence-corrected chi connectivity index (χ3v) is 8.76. The molecule has 1 unspecified atom stereocenters. The lowest BCUT2D eigenvalue weighted by atomic mass is 10.0. The SMILES string of the molecule is CCCCCCOc1ccc2cc(CNC(=O)c3cccc(C(=O)NC(C)c4ccc5cc(OCCCCCC)ccc5c4)n3)ccc2c1. The van der Waals surface area contributed by atoms with Gasteiger partial charge in [-0.3, -0.25) is 9.59 Å². The molecular weight excluding hydrogens is 610 g/mol. The zero-order valence-corrected chi connectivity index (χ0v) is 29.1. The fourth-order valence-electron chi connectivity index (χ4n) is 5.83. The molecule has 0 fully saturated rings. The molecule has 0 bridgehead atoms. The minimum atomic E-state index is -0.340. The van der Waals surface area contributed by atoms with E-state index in [-0.39, 0.29) is 29.2 Å². The average molecular weight is 660 g/mol. The van der Waals surface area contributed by atoms with Crippen molar-refractivity contribution in [3.8, 4) is 11.5 Å². The van der Waals surface area contributed by atoms with Crippen LogP contribution in [0.4, 0.5) is 0 Å². The smallest absolute Gasteiger partial charge is 0.270 e. The summed E-state index contributed by atoms with van der Waals surface area (Å²) in [4.78, 5) is 30.6. The van der Waals surface area contributed by atoms with Crippen molar-refractivity contribution in [2.24, 2.45) is 0 Å². The van der Waals surface area contributed by atoms with Crippen LogP contribution >= 0.6 is 0 Å². The van der Waals surface area contributed by atoms with E-state index < -0.39 is 0 Å². The van der Waals surface area contributed by atoms with Crippen LogP contribution in [-0.2, 0) is 6.54 Å². The van der Waals surface area contributed by atoms with Gasteiger partial charge in [-0.25, -0.2) is 4.98 Å². The molecule has 0 spiro atoms. The van der Waals surface area contributed by atoms with Crippen molar-refractivity contribution in [2.75, 3.05) is 13.2 Å². The highest BCUT2D eigenvalue weighted by atomic mass is 16.5. The Hall–Kier alpha value is -4.91. The zero-order valence-electron chi connectivity index (χ0n) is 29.1. The number of carbonyl (C=O) groups is 2. The van der Waals surface area contributed by atoms with Crippen LogP contribution in [0.5, 0.6) is 11.5 Å². The second kappa shape index (κ2) is 18.0. The van der Waals surface area contributed by atoms with Crippen LogP contribution in [0.15, 0.2) is 91.0 Å². The molecule has 0 radical (unpaired) electrons. The van der Waals surface area contributed by atoms with Crippen LogP contribution in [0.3, 0.4) is 0 Å². The minimum Gasteiger partial charge on any atom is -0.494 e. The summed E-state index contributed by atoms with van der Waals surface area (Å²) in [5, 5.41) is 10.3. The Balaban J connectivity index is 1.13. The lowest BCUT2D eigenvalue weighted by Crippen LogP contribution is -2.29. The van der Waals surface area contributed by atoms with Gasteiger partial charge in [-0.15, -0.1) is 0 Å². The zero-order chi connectivity index (χ0) is 34.4. The van der Waals surface area contributed by atoms with Crippen molar-refractivity contribution in [1.82, 2.24) is 15.6 Å². The molecule has 2 amide bonds. The fraction of sp³-hybridized carbons (Fsp3) is 0.357. The number of fused-ring (bicyclic) bond motifs is 2. The molecule has 0 aliphatic heterocycles. The summed E-state index contributed by atoms with van der Waals surface area (Å²) < 4.78 is 11.9. The van der Waals surface area contributed by atoms with Crippen LogP contribution in [0.1, 0.15) is 110 Å². The van der Waals surface area contributed by atoms with Crippen molar-refractivity contribution < 1.29 is 19.1 Å². The van der Waals surface area contributed by atoms with Gasteiger partial charge in [-0.2, -0.15) is 0 Å². The summed E-state index contributed by atoms with van der Waals surface area (Å²) >= 11 is 0. The van der Waals surface area contributed by atoms with Crippen LogP contribution in [0, 0.1) is 0 Å². The second-order valence-electron chi connectivity index (χ2n) is 12.7. The van der Waals surface area contributed by atoms with Crippen LogP contribution < -0.4 is 20.1 Å². The quantitative estimate of drug-likeness (QED) is 0.0915. The van der Waals surface area contributed by atoms with Gasteiger partial charge in [0.1, 0.15) is 22.9 Å². The Kier molecular flexibility index (Phi) is 13.0. The number of amides is 2. The van der Waals surface area contributed by atoms with E-state index in [1.807, 2.05) is 43.3 Å². The van der Waals surface area contributed by atoms with E-state index in [0.29, 0.717) is 6.54 Å². The van der Waals surface area contributed by atoms with E-state index in [0.717, 1.165) is 70.2 Å². The molecule has 4 aromatic carbocycles. The number of pyridine rings is 1. The van der Waals surface area contributed by atoms with Crippen molar-refractivity contribution in [3.63, 3.8) is 0 Å². The highest BCUT2D eigenvalue weighted by Gasteiger charge is 2.16. The number of ether oxygens (including phenoxy) is 2. The van der Waals surface area contributed by atoms with E-state index in [2.05, 4.69) is 65.9 Å². The van der Waals surface area contributed by atoms with Crippen LogP contribution in [0.25, 0.3) is 21.5 Å². The Morgan fingerprint density at radius 1 is 0.633 bits per heavy atom. The van der Waals surface area contributed by atoms with Crippen molar-refractivity contribution in [2.45, 2.75) is 84.7 Å². The Morgan fingerprint density at radius 3 is 1.82 bits per heavy atom. The lowest BCUT2D eigenvalue weighted by Gasteiger charge is -2.15. The van der Waals surface area contributed by atoms with Gasteiger partial charge in [0.2, 0.25) is 0 Å². The summed E-state index contributed by atoms with van der Waals surface area (Å²) in [6, 6.07) is 29.1. The minimum absolute atomic E-state index is 0.190. The molecule has 5 aromatic rings. The van der Waals surface area contributed by atoms with Crippen molar-refractivity contribution in [3.05, 3.63) is 114 Å². The van der Waals surface area contributed by atoms with Gasteiger partial charge in [0.25, 0.3) is 11.8 Å². The maximum absolute atomic E-state index is 13.2. The first-order chi connectivity index (χ1) is 23.9. The molecule has 5 rings (SSSR count). The van der Waals surface area contributed by atoms with Gasteiger partial charge in [-0.05, 0) is 101 Å². The first kappa shape index (κ1) is 35.4. The summed E-state index contributed by atoms with van der Waals surface area (Å²) in [5.74, 6) is 1.07. The maximum atomic E-state index is 13.2. The molecule has 0 saturated carbocycles. The molecule has 0 aliphatic carbocycles. The molecule has 0 aliphatic rings. The van der Waals surface area contributed by atoms with Gasteiger partial charge >= 0.3 is 0 Å². The third-order valence-electron chi connectivity index (χ3n) is 8.76. The summed E-state index contributed by atoms with van der Waals surface area (Å²) in [5.41, 5.74) is 2.33. The average Bonchev–Trinajstić information content (AvgIpc) is 3.13. The number of nitrogens with one attached hydrogen (secondary N) is 2. The van der Waals surface area contributed by atoms with Gasteiger partial charge in [0, 0.05) is 6.54 Å². The van der Waals surface area contributed by atoms with Gasteiger partial charge in [-0.1, -0.05) is 94.8 Å². The third kappa shape index (κ3) is 10.3. The van der Waals surface area contributed by atoms with E-state index in [1.165, 1.54) is 38.5 Å². The number of hydrogen-bond donors (Lipinski definition) is 2. The number of benzene rings is 4. The lowest BCUT2D eigenvalue weighted by molar-refractivity contribution is 0.0933. The number of carbonyl (C=O) groups excluding carboxylic acids is 2. The standard InChI is InChI=1S/C42H49N3O4/c1-4-6-8-10-23-48-37-21-19-33-25-31(15-16-35(33)27-37)29-43-41(46)39-13-12-14-40(45-39)42(47)44-30(3)32-17-18-36-28-38(22-20-34(36)26-32)49-24-11-9-7-5-2/h12-22,25-28,30H,4-11,23-24,29H2,1-3H3,(H,43,46)(H,44,47). The molecule has 1 heterocycles. The van der Waals surface area contributed by atoms with E-state index in [1.54, 1.807) is 18.2 Å². The summed E-state index contributed by atoms with van der Waals surface area (Å²) in [7, 11) is 0. The predicted octanol–water partition coefficient (Wildman–Crippen LogP) is 9.73. The monoisotopic (exact) mass is 659 g/mol. The number of unbranched alkanes of at least 4 members (excludes halogenated alkanes) is 6. The first-order valence-electron chi connectivity index (χ1n) is 17.8. The molecule has 49 heavy (non-hydrogen) atoms. The normalized spacial score (nSPS) is 11.7. The molecule has 7 nitrogen and oxygen atoms in total. The fourth-order valence-corrected chi connectivity index (χ4v) is 5.83. The summed E-state index contributed by atoms with van der Waals surface area (Å²) in [6.07, 6.45) is 9.40. The number of rotatable bonds is 18. The molecule has 256 valence electrons. The van der Waals surface area contributed by atoms with Crippen LogP contribution in [-0.4, -0.2) is 30.0 Å². The largest absolute Gasteiger partial charge is 0.494 e. The highest BCUT2D eigenvalue weighted by molar-refractivity contribution is 5.96. The topological polar surface area (TPSA) is 89.5 Å². The second-order valence-corrected chi connectivity index (χ2v) is 12.7. The van der Waals surface area contributed by atoms with Crippen molar-refractivity contribution in [1.29, 1.82) is 0 Å². The van der Waals surface area contributed by atoms with Gasteiger partial charge in [0.05, 0.1) is 19.3 Å². The van der Waals surface area contributed by atoms with Gasteiger partial charge < -0.3 is 20.1 Å². The Labute approximate surface area is 290 Å². The van der Waals surface area contributed by atoms with E-state index in [9.17, 15) is 9.59 Å². The number of aromatic nitrogens is 1. The maximum Gasteiger partial charge on any atom is 0.270 e. The molecular formula is C42H49N3O4. The predicted molar refractivity (Wildman–Crippen MR) is 198 cm³/mol. The van der Waals surface area contributed by atoms with E-state index >= 15 is 0 Å². The Morgan fingerprint density at radius 2 is 1.18 bits per heavy atom. The first-order valence-corrected chi connectivity index (χ1v) is 17.8. The highest BCUT2D eigenvalue weighted by Crippen LogP contribution is 2.26.